The van der Waals surface area contributed by atoms with Crippen molar-refractivity contribution in [2.24, 2.45) is 0 Å². The zero-order chi connectivity index (χ0) is 26.2. The van der Waals surface area contributed by atoms with Crippen LogP contribution < -0.4 is 4.74 Å². The van der Waals surface area contributed by atoms with E-state index in [1.807, 2.05) is 6.07 Å². The van der Waals surface area contributed by atoms with E-state index in [1.54, 1.807) is 37.3 Å². The molecule has 2 unspecified atom stereocenters. The highest BCUT2D eigenvalue weighted by Crippen LogP contribution is 2.32. The maximum absolute atomic E-state index is 14.9. The Morgan fingerprint density at radius 1 is 0.838 bits per heavy atom. The molecular weight excluding hydrogens is 477 g/mol. The first-order valence-corrected chi connectivity index (χ1v) is 13.2. The Kier molecular flexibility index (Phi) is 9.64. The van der Waals surface area contributed by atoms with E-state index < -0.39 is 11.6 Å². The van der Waals surface area contributed by atoms with Crippen LogP contribution in [-0.4, -0.2) is 25.4 Å². The predicted octanol–water partition coefficient (Wildman–Crippen LogP) is 8.48. The summed E-state index contributed by atoms with van der Waals surface area (Å²) in [6.07, 6.45) is 6.97. The number of rotatable bonds is 11. The lowest BCUT2D eigenvalue weighted by Gasteiger charge is -2.29. The number of unbranched alkanes of at least 4 members (excludes halogenated alkanes) is 2. The molecule has 0 saturated carbocycles. The van der Waals surface area contributed by atoms with E-state index in [9.17, 15) is 13.2 Å². The Morgan fingerprint density at radius 2 is 1.59 bits per heavy atom. The molecule has 37 heavy (non-hydrogen) atoms. The topological polar surface area (TPSA) is 27.7 Å². The molecule has 1 heterocycles. The summed E-state index contributed by atoms with van der Waals surface area (Å²) in [5.74, 6) is -2.41. The van der Waals surface area contributed by atoms with Crippen LogP contribution in [0, 0.1) is 17.5 Å². The Bertz CT molecular complexity index is 1160. The summed E-state index contributed by atoms with van der Waals surface area (Å²) in [4.78, 5) is 0. The zero-order valence-corrected chi connectivity index (χ0v) is 21.6. The van der Waals surface area contributed by atoms with Gasteiger partial charge in [-0.25, -0.2) is 8.78 Å². The zero-order valence-electron chi connectivity index (χ0n) is 21.6. The summed E-state index contributed by atoms with van der Waals surface area (Å²) in [6.45, 7) is 4.91. The van der Waals surface area contributed by atoms with Gasteiger partial charge in [0.1, 0.15) is 5.82 Å². The first-order chi connectivity index (χ1) is 18.0. The van der Waals surface area contributed by atoms with Gasteiger partial charge >= 0.3 is 0 Å². The molecule has 1 saturated heterocycles. The van der Waals surface area contributed by atoms with E-state index in [2.05, 4.69) is 6.92 Å². The lowest BCUT2D eigenvalue weighted by molar-refractivity contribution is -0.0931. The predicted molar refractivity (Wildman–Crippen MR) is 140 cm³/mol. The summed E-state index contributed by atoms with van der Waals surface area (Å²) < 4.78 is 60.7. The van der Waals surface area contributed by atoms with Crippen LogP contribution in [-0.2, 0) is 16.1 Å². The van der Waals surface area contributed by atoms with Gasteiger partial charge in [0.2, 0.25) is 5.82 Å². The smallest absolute Gasteiger partial charge is 0.201 e. The van der Waals surface area contributed by atoms with Gasteiger partial charge in [-0.05, 0) is 61.1 Å². The minimum Gasteiger partial charge on any atom is -0.491 e. The highest BCUT2D eigenvalue weighted by atomic mass is 19.2. The van der Waals surface area contributed by atoms with Gasteiger partial charge in [-0.3, -0.25) is 0 Å². The van der Waals surface area contributed by atoms with Crippen molar-refractivity contribution < 1.29 is 27.4 Å². The third-order valence-corrected chi connectivity index (χ3v) is 6.86. The highest BCUT2D eigenvalue weighted by molar-refractivity contribution is 5.71. The molecular formula is C31H35F3O3. The summed E-state index contributed by atoms with van der Waals surface area (Å²) >= 11 is 0. The highest BCUT2D eigenvalue weighted by Gasteiger charge is 2.22. The number of ether oxygens (including phenoxy) is 3. The van der Waals surface area contributed by atoms with Crippen LogP contribution in [0.2, 0.25) is 0 Å². The number of hydrogen-bond acceptors (Lipinski definition) is 3. The van der Waals surface area contributed by atoms with E-state index >= 15 is 0 Å². The molecule has 198 valence electrons. The summed E-state index contributed by atoms with van der Waals surface area (Å²) in [5, 5.41) is 0. The van der Waals surface area contributed by atoms with Gasteiger partial charge < -0.3 is 14.2 Å². The maximum atomic E-state index is 14.9. The second-order valence-corrected chi connectivity index (χ2v) is 9.52. The van der Waals surface area contributed by atoms with Crippen LogP contribution in [0.25, 0.3) is 22.3 Å². The molecule has 0 amide bonds. The molecule has 0 radical (unpaired) electrons. The van der Waals surface area contributed by atoms with E-state index in [0.29, 0.717) is 29.4 Å². The van der Waals surface area contributed by atoms with Crippen LogP contribution in [0.3, 0.4) is 0 Å². The monoisotopic (exact) mass is 512 g/mol. The largest absolute Gasteiger partial charge is 0.491 e. The van der Waals surface area contributed by atoms with Crippen molar-refractivity contribution >= 4 is 0 Å². The molecule has 3 aromatic carbocycles. The average molecular weight is 513 g/mol. The molecule has 0 aliphatic carbocycles. The molecule has 3 nitrogen and oxygen atoms in total. The molecule has 0 bridgehead atoms. The molecule has 6 heteroatoms. The molecule has 4 rings (SSSR count). The molecule has 2 atom stereocenters. The van der Waals surface area contributed by atoms with Gasteiger partial charge in [0.25, 0.3) is 0 Å². The van der Waals surface area contributed by atoms with Crippen molar-refractivity contribution in [3.63, 3.8) is 0 Å². The standard InChI is InChI=1S/C31H35F3O3/c1-3-5-6-7-25-14-15-26(20-37-25)36-19-24-13-12-23(18-28(24)32)21-8-10-22(11-9-21)27-16-17-29(35-4-2)31(34)30(27)33/h8-13,16-18,25-26H,3-7,14-15,19-20H2,1-2H3. The number of hydrogen-bond donors (Lipinski definition) is 0. The van der Waals surface area contributed by atoms with Crippen molar-refractivity contribution in [3.8, 4) is 28.0 Å². The van der Waals surface area contributed by atoms with Crippen molar-refractivity contribution in [1.29, 1.82) is 0 Å². The first kappa shape index (κ1) is 27.2. The van der Waals surface area contributed by atoms with Crippen molar-refractivity contribution in [1.82, 2.24) is 0 Å². The van der Waals surface area contributed by atoms with Gasteiger partial charge in [0.15, 0.2) is 11.6 Å². The van der Waals surface area contributed by atoms with Gasteiger partial charge in [0.05, 0.1) is 32.0 Å². The van der Waals surface area contributed by atoms with E-state index in [4.69, 9.17) is 14.2 Å². The summed E-state index contributed by atoms with van der Waals surface area (Å²) in [5.41, 5.74) is 2.64. The fourth-order valence-electron chi connectivity index (χ4n) is 4.68. The second-order valence-electron chi connectivity index (χ2n) is 9.52. The Hall–Kier alpha value is -2.83. The van der Waals surface area contributed by atoms with Gasteiger partial charge in [-0.2, -0.15) is 4.39 Å². The minimum atomic E-state index is -1.00. The first-order valence-electron chi connectivity index (χ1n) is 13.2. The SMILES string of the molecule is CCCCCC1CCC(OCc2ccc(-c3ccc(-c4ccc(OCC)c(F)c4F)cc3)cc2F)CO1. The summed E-state index contributed by atoms with van der Waals surface area (Å²) in [7, 11) is 0. The van der Waals surface area contributed by atoms with Crippen LogP contribution in [0.5, 0.6) is 5.75 Å². The van der Waals surface area contributed by atoms with Crippen LogP contribution in [0.1, 0.15) is 57.9 Å². The third-order valence-electron chi connectivity index (χ3n) is 6.86. The van der Waals surface area contributed by atoms with Gasteiger partial charge in [-0.1, -0.05) is 62.6 Å². The van der Waals surface area contributed by atoms with Crippen LogP contribution >= 0.6 is 0 Å². The lowest BCUT2D eigenvalue weighted by atomic mass is 9.99. The number of benzene rings is 3. The molecule has 1 aliphatic heterocycles. The fourth-order valence-corrected chi connectivity index (χ4v) is 4.68. The Morgan fingerprint density at radius 3 is 2.27 bits per heavy atom. The van der Waals surface area contributed by atoms with Crippen LogP contribution in [0.15, 0.2) is 54.6 Å². The van der Waals surface area contributed by atoms with Crippen molar-refractivity contribution in [2.75, 3.05) is 13.2 Å². The van der Waals surface area contributed by atoms with Crippen LogP contribution in [0.4, 0.5) is 13.2 Å². The van der Waals surface area contributed by atoms with Gasteiger partial charge in [0, 0.05) is 11.1 Å². The normalized spacial score (nSPS) is 17.6. The van der Waals surface area contributed by atoms with Crippen molar-refractivity contribution in [2.45, 2.75) is 71.2 Å². The molecule has 3 aromatic rings. The second kappa shape index (κ2) is 13.1. The van der Waals surface area contributed by atoms with E-state index in [1.165, 1.54) is 37.5 Å². The quantitative estimate of drug-likeness (QED) is 0.241. The van der Waals surface area contributed by atoms with E-state index in [0.717, 1.165) is 24.8 Å². The van der Waals surface area contributed by atoms with Gasteiger partial charge in [-0.15, -0.1) is 0 Å². The molecule has 1 aliphatic rings. The maximum Gasteiger partial charge on any atom is 0.201 e. The number of halogens is 3. The molecule has 0 spiro atoms. The molecule has 0 aromatic heterocycles. The third kappa shape index (κ3) is 6.93. The Labute approximate surface area is 217 Å². The fraction of sp³-hybridized carbons (Fsp3) is 0.419. The van der Waals surface area contributed by atoms with Crippen molar-refractivity contribution in [3.05, 3.63) is 77.6 Å². The molecule has 0 N–H and O–H groups in total. The van der Waals surface area contributed by atoms with E-state index in [-0.39, 0.29) is 36.4 Å². The average Bonchev–Trinajstić information content (AvgIpc) is 2.92. The Balaban J connectivity index is 1.35. The summed E-state index contributed by atoms with van der Waals surface area (Å²) in [6, 6.07) is 14.9. The minimum absolute atomic E-state index is 0.0121. The lowest BCUT2D eigenvalue weighted by Crippen LogP contribution is -2.31. The molecule has 1 fully saturated rings.